The number of aryl methyl sites for hydroxylation is 1. The second-order valence-electron chi connectivity index (χ2n) is 6.04. The average molecular weight is 382 g/mol. The highest BCUT2D eigenvalue weighted by atomic mass is 32.2. The van der Waals surface area contributed by atoms with E-state index in [2.05, 4.69) is 51.7 Å². The molecule has 1 N–H and O–H groups in total. The molecular formula is C20H23N5OS. The summed E-state index contributed by atoms with van der Waals surface area (Å²) in [7, 11) is 0. The largest absolute Gasteiger partial charge is 0.355 e. The minimum absolute atomic E-state index is 0.00296. The van der Waals surface area contributed by atoms with Crippen LogP contribution in [0, 0.1) is 0 Å². The summed E-state index contributed by atoms with van der Waals surface area (Å²) in [6.07, 6.45) is 5.38. The molecule has 7 heteroatoms. The highest BCUT2D eigenvalue weighted by Gasteiger charge is 2.17. The number of hydrogen-bond acceptors (Lipinski definition) is 5. The van der Waals surface area contributed by atoms with Gasteiger partial charge in [-0.25, -0.2) is 0 Å². The third kappa shape index (κ3) is 4.74. The molecule has 0 unspecified atom stereocenters. The lowest BCUT2D eigenvalue weighted by Crippen LogP contribution is -2.25. The fourth-order valence-corrected chi connectivity index (χ4v) is 3.39. The van der Waals surface area contributed by atoms with Gasteiger partial charge in [0.05, 0.1) is 5.75 Å². The van der Waals surface area contributed by atoms with Gasteiger partial charge in [-0.3, -0.25) is 14.3 Å². The summed E-state index contributed by atoms with van der Waals surface area (Å²) in [5.41, 5.74) is 3.17. The molecule has 0 aliphatic heterocycles. The van der Waals surface area contributed by atoms with E-state index in [-0.39, 0.29) is 5.91 Å². The Labute approximate surface area is 163 Å². The Morgan fingerprint density at radius 1 is 1.07 bits per heavy atom. The molecule has 27 heavy (non-hydrogen) atoms. The van der Waals surface area contributed by atoms with Crippen LogP contribution in [0.2, 0.25) is 0 Å². The van der Waals surface area contributed by atoms with Gasteiger partial charge in [-0.15, -0.1) is 10.2 Å². The first kappa shape index (κ1) is 19.1. The maximum atomic E-state index is 12.0. The van der Waals surface area contributed by atoms with E-state index in [1.807, 2.05) is 23.6 Å². The van der Waals surface area contributed by atoms with Crippen molar-refractivity contribution < 1.29 is 4.79 Å². The number of benzene rings is 1. The van der Waals surface area contributed by atoms with Crippen LogP contribution in [0.25, 0.3) is 17.1 Å². The second-order valence-corrected chi connectivity index (χ2v) is 6.98. The fraction of sp³-hybridized carbons (Fsp3) is 0.300. The van der Waals surface area contributed by atoms with Crippen LogP contribution >= 0.6 is 11.8 Å². The lowest BCUT2D eigenvalue weighted by molar-refractivity contribution is -0.118. The molecule has 1 aromatic carbocycles. The van der Waals surface area contributed by atoms with Gasteiger partial charge in [-0.2, -0.15) is 0 Å². The minimum atomic E-state index is 0.00296. The Bertz CT molecular complexity index is 877. The Hall–Kier alpha value is -2.67. The van der Waals surface area contributed by atoms with Crippen molar-refractivity contribution in [3.63, 3.8) is 0 Å². The van der Waals surface area contributed by atoms with Crippen LogP contribution in [-0.2, 0) is 11.2 Å². The number of aromatic nitrogens is 4. The zero-order valence-corrected chi connectivity index (χ0v) is 16.4. The number of nitrogens with one attached hydrogen (secondary N) is 1. The van der Waals surface area contributed by atoms with E-state index >= 15 is 0 Å². The molecule has 0 fully saturated rings. The van der Waals surface area contributed by atoms with E-state index in [1.165, 1.54) is 17.3 Å². The van der Waals surface area contributed by atoms with E-state index in [4.69, 9.17) is 0 Å². The first-order valence-electron chi connectivity index (χ1n) is 9.07. The standard InChI is InChI=1S/C20H23N5OS/c1-3-11-22-18(26)14-27-20-24-23-19(16-9-12-21-13-10-16)25(20)17-7-5-15(4-2)6-8-17/h5-10,12-13H,3-4,11,14H2,1-2H3,(H,22,26). The minimum Gasteiger partial charge on any atom is -0.355 e. The van der Waals surface area contributed by atoms with Crippen molar-refractivity contribution in [2.24, 2.45) is 0 Å². The average Bonchev–Trinajstić information content (AvgIpc) is 3.15. The number of thioether (sulfide) groups is 1. The van der Waals surface area contributed by atoms with E-state index in [9.17, 15) is 4.79 Å². The van der Waals surface area contributed by atoms with Gasteiger partial charge in [0.1, 0.15) is 0 Å². The van der Waals surface area contributed by atoms with Crippen molar-refractivity contribution in [2.75, 3.05) is 12.3 Å². The van der Waals surface area contributed by atoms with Crippen molar-refractivity contribution in [1.29, 1.82) is 0 Å². The molecule has 140 valence electrons. The van der Waals surface area contributed by atoms with Gasteiger partial charge >= 0.3 is 0 Å². The van der Waals surface area contributed by atoms with E-state index < -0.39 is 0 Å². The molecule has 0 aliphatic rings. The lowest BCUT2D eigenvalue weighted by Gasteiger charge is -2.11. The molecule has 6 nitrogen and oxygen atoms in total. The molecule has 0 saturated heterocycles. The Kier molecular flexibility index (Phi) is 6.59. The predicted molar refractivity (Wildman–Crippen MR) is 108 cm³/mol. The summed E-state index contributed by atoms with van der Waals surface area (Å²) in [5, 5.41) is 12.3. The number of hydrogen-bond donors (Lipinski definition) is 1. The van der Waals surface area contributed by atoms with Crippen LogP contribution < -0.4 is 5.32 Å². The summed E-state index contributed by atoms with van der Waals surface area (Å²) >= 11 is 1.39. The monoisotopic (exact) mass is 381 g/mol. The van der Waals surface area contributed by atoms with Crippen LogP contribution in [-0.4, -0.2) is 38.0 Å². The highest BCUT2D eigenvalue weighted by molar-refractivity contribution is 7.99. The first-order chi connectivity index (χ1) is 13.2. The smallest absolute Gasteiger partial charge is 0.230 e. The maximum absolute atomic E-state index is 12.0. The SMILES string of the molecule is CCCNC(=O)CSc1nnc(-c2ccncc2)n1-c1ccc(CC)cc1. The molecule has 0 radical (unpaired) electrons. The van der Waals surface area contributed by atoms with Crippen molar-refractivity contribution in [3.05, 3.63) is 54.4 Å². The number of carbonyl (C=O) groups excluding carboxylic acids is 1. The quantitative estimate of drug-likeness (QED) is 0.605. The summed E-state index contributed by atoms with van der Waals surface area (Å²) < 4.78 is 1.99. The fourth-order valence-electron chi connectivity index (χ4n) is 2.61. The molecule has 2 aromatic heterocycles. The topological polar surface area (TPSA) is 72.7 Å². The highest BCUT2D eigenvalue weighted by Crippen LogP contribution is 2.27. The van der Waals surface area contributed by atoms with Gasteiger partial charge in [0.2, 0.25) is 5.91 Å². The summed E-state index contributed by atoms with van der Waals surface area (Å²) in [5.74, 6) is 1.04. The molecule has 0 bridgehead atoms. The summed E-state index contributed by atoms with van der Waals surface area (Å²) in [6.45, 7) is 4.85. The van der Waals surface area contributed by atoms with E-state index in [0.29, 0.717) is 17.5 Å². The van der Waals surface area contributed by atoms with Gasteiger partial charge in [-0.1, -0.05) is 37.7 Å². The van der Waals surface area contributed by atoms with Crippen molar-refractivity contribution in [1.82, 2.24) is 25.1 Å². The number of pyridine rings is 1. The van der Waals surface area contributed by atoms with Crippen LogP contribution in [0.1, 0.15) is 25.8 Å². The van der Waals surface area contributed by atoms with Crippen LogP contribution in [0.4, 0.5) is 0 Å². The number of carbonyl (C=O) groups is 1. The Morgan fingerprint density at radius 3 is 2.48 bits per heavy atom. The van der Waals surface area contributed by atoms with E-state index in [1.54, 1.807) is 12.4 Å². The van der Waals surface area contributed by atoms with Crippen molar-refractivity contribution >= 4 is 17.7 Å². The first-order valence-corrected chi connectivity index (χ1v) is 10.1. The lowest BCUT2D eigenvalue weighted by atomic mass is 10.1. The molecule has 0 saturated carbocycles. The van der Waals surface area contributed by atoms with Gasteiger partial charge in [0.25, 0.3) is 0 Å². The summed E-state index contributed by atoms with van der Waals surface area (Å²) in [6, 6.07) is 12.1. The number of rotatable bonds is 8. The predicted octanol–water partition coefficient (Wildman–Crippen LogP) is 3.51. The molecule has 2 heterocycles. The van der Waals surface area contributed by atoms with E-state index in [0.717, 1.165) is 29.9 Å². The third-order valence-corrected chi connectivity index (χ3v) is 5.01. The Morgan fingerprint density at radius 2 is 1.81 bits per heavy atom. The maximum Gasteiger partial charge on any atom is 0.230 e. The molecule has 3 rings (SSSR count). The molecule has 3 aromatic rings. The molecular weight excluding hydrogens is 358 g/mol. The van der Waals surface area contributed by atoms with Gasteiger partial charge in [-0.05, 0) is 42.7 Å². The number of amides is 1. The molecule has 0 aliphatic carbocycles. The van der Waals surface area contributed by atoms with Crippen LogP contribution in [0.3, 0.4) is 0 Å². The zero-order valence-electron chi connectivity index (χ0n) is 15.6. The number of nitrogens with zero attached hydrogens (tertiary/aromatic N) is 4. The normalized spacial score (nSPS) is 10.7. The zero-order chi connectivity index (χ0) is 19.1. The third-order valence-electron chi connectivity index (χ3n) is 4.08. The molecule has 0 spiro atoms. The van der Waals surface area contributed by atoms with Crippen molar-refractivity contribution in [2.45, 2.75) is 31.8 Å². The van der Waals surface area contributed by atoms with Gasteiger partial charge < -0.3 is 5.32 Å². The summed E-state index contributed by atoms with van der Waals surface area (Å²) in [4.78, 5) is 16.1. The van der Waals surface area contributed by atoms with Crippen LogP contribution in [0.5, 0.6) is 0 Å². The Balaban J connectivity index is 1.93. The van der Waals surface area contributed by atoms with Crippen molar-refractivity contribution in [3.8, 4) is 17.1 Å². The van der Waals surface area contributed by atoms with Crippen LogP contribution in [0.15, 0.2) is 53.9 Å². The molecule has 1 amide bonds. The second kappa shape index (κ2) is 9.32. The van der Waals surface area contributed by atoms with Gasteiger partial charge in [0.15, 0.2) is 11.0 Å². The van der Waals surface area contributed by atoms with Gasteiger partial charge in [0, 0.05) is 30.2 Å². The molecule has 0 atom stereocenters.